The Balaban J connectivity index is 1.90. The average Bonchev–Trinajstić information content (AvgIpc) is 2.92. The molecule has 102 valence electrons. The topological polar surface area (TPSA) is 72.3 Å². The van der Waals surface area contributed by atoms with Gasteiger partial charge in [-0.2, -0.15) is 0 Å². The molecule has 5 nitrogen and oxygen atoms in total. The Kier molecular flexibility index (Phi) is 3.22. The number of carboxylic acids is 1. The molecule has 0 spiro atoms. The number of aromatic nitrogens is 2. The maximum Gasteiger partial charge on any atom is 0.306 e. The molecule has 1 aromatic rings. The van der Waals surface area contributed by atoms with Crippen LogP contribution in [0, 0.1) is 12.8 Å². The van der Waals surface area contributed by atoms with Crippen molar-refractivity contribution in [3.8, 4) is 0 Å². The number of hydrogen-bond donors (Lipinski definition) is 1. The molecule has 0 aromatic carbocycles. The minimum absolute atomic E-state index is 0.0289. The van der Waals surface area contributed by atoms with E-state index in [9.17, 15) is 4.79 Å². The van der Waals surface area contributed by atoms with Gasteiger partial charge in [0.25, 0.3) is 0 Å². The summed E-state index contributed by atoms with van der Waals surface area (Å²) in [5, 5.41) is 9.12. The van der Waals surface area contributed by atoms with Crippen LogP contribution < -0.4 is 0 Å². The minimum atomic E-state index is -0.715. The van der Waals surface area contributed by atoms with Crippen LogP contribution in [0.3, 0.4) is 0 Å². The Morgan fingerprint density at radius 1 is 1.37 bits per heavy atom. The fourth-order valence-corrected chi connectivity index (χ4v) is 2.95. The Hall–Kier alpha value is -1.49. The van der Waals surface area contributed by atoms with Crippen molar-refractivity contribution in [3.63, 3.8) is 0 Å². The van der Waals surface area contributed by atoms with Crippen LogP contribution >= 0.6 is 0 Å². The highest BCUT2D eigenvalue weighted by Gasteiger charge is 2.29. The van der Waals surface area contributed by atoms with Crippen molar-refractivity contribution in [2.24, 2.45) is 5.92 Å². The van der Waals surface area contributed by atoms with Crippen LogP contribution in [-0.4, -0.2) is 27.7 Å². The second-order valence-corrected chi connectivity index (χ2v) is 5.37. The van der Waals surface area contributed by atoms with Gasteiger partial charge in [0, 0.05) is 18.0 Å². The summed E-state index contributed by atoms with van der Waals surface area (Å²) in [7, 11) is 0. The molecule has 0 radical (unpaired) electrons. The molecule has 2 heterocycles. The summed E-state index contributed by atoms with van der Waals surface area (Å²) in [6.45, 7) is 2.73. The molecule has 1 N–H and O–H groups in total. The maximum atomic E-state index is 11.1. The number of nitrogens with zero attached hydrogens (tertiary/aromatic N) is 2. The Morgan fingerprint density at radius 3 is 2.89 bits per heavy atom. The molecule has 3 rings (SSSR count). The van der Waals surface area contributed by atoms with Gasteiger partial charge in [-0.1, -0.05) is 0 Å². The van der Waals surface area contributed by atoms with Crippen molar-refractivity contribution in [1.82, 2.24) is 9.97 Å². The second-order valence-electron chi connectivity index (χ2n) is 5.37. The van der Waals surface area contributed by atoms with Gasteiger partial charge in [-0.05, 0) is 44.6 Å². The summed E-state index contributed by atoms with van der Waals surface area (Å²) in [5.41, 5.74) is 2.97. The lowest BCUT2D eigenvalue weighted by Crippen LogP contribution is -2.25. The zero-order chi connectivity index (χ0) is 13.4. The van der Waals surface area contributed by atoms with Gasteiger partial charge < -0.3 is 9.84 Å². The Labute approximate surface area is 112 Å². The quantitative estimate of drug-likeness (QED) is 0.880. The molecule has 19 heavy (non-hydrogen) atoms. The van der Waals surface area contributed by atoms with Crippen LogP contribution in [0.2, 0.25) is 0 Å². The lowest BCUT2D eigenvalue weighted by Gasteiger charge is -2.23. The van der Waals surface area contributed by atoms with Crippen molar-refractivity contribution in [1.29, 1.82) is 0 Å². The molecule has 2 atom stereocenters. The molecule has 1 fully saturated rings. The predicted molar refractivity (Wildman–Crippen MR) is 67.8 cm³/mol. The molecule has 5 heteroatoms. The summed E-state index contributed by atoms with van der Waals surface area (Å²) >= 11 is 0. The lowest BCUT2D eigenvalue weighted by atomic mass is 9.86. The third-order valence-corrected chi connectivity index (χ3v) is 4.06. The van der Waals surface area contributed by atoms with Crippen molar-refractivity contribution >= 4 is 5.97 Å². The smallest absolute Gasteiger partial charge is 0.306 e. The summed E-state index contributed by atoms with van der Waals surface area (Å²) in [5.74, 6) is -0.223. The van der Waals surface area contributed by atoms with E-state index in [0.717, 1.165) is 48.6 Å². The van der Waals surface area contributed by atoms with Gasteiger partial charge >= 0.3 is 5.97 Å². The zero-order valence-corrected chi connectivity index (χ0v) is 11.1. The van der Waals surface area contributed by atoms with E-state index >= 15 is 0 Å². The van der Waals surface area contributed by atoms with E-state index in [4.69, 9.17) is 9.84 Å². The first kappa shape index (κ1) is 12.5. The van der Waals surface area contributed by atoms with E-state index in [1.165, 1.54) is 0 Å². The van der Waals surface area contributed by atoms with Crippen molar-refractivity contribution < 1.29 is 14.6 Å². The Bertz CT molecular complexity index is 510. The van der Waals surface area contributed by atoms with Gasteiger partial charge in [-0.3, -0.25) is 4.79 Å². The van der Waals surface area contributed by atoms with Gasteiger partial charge in [0.15, 0.2) is 5.82 Å². The summed E-state index contributed by atoms with van der Waals surface area (Å²) in [6.07, 6.45) is 4.03. The normalized spacial score (nSPS) is 26.2. The second kappa shape index (κ2) is 4.89. The highest BCUT2D eigenvalue weighted by molar-refractivity contribution is 5.71. The molecule has 2 unspecified atom stereocenters. The van der Waals surface area contributed by atoms with Crippen LogP contribution in [0.5, 0.6) is 0 Å². The standard InChI is InChI=1S/C14H18N2O3/c1-8-10-7-9(14(17)18)4-5-11(10)16-13(15-8)12-3-2-6-19-12/h9,12H,2-7H2,1H3,(H,17,18). The Morgan fingerprint density at radius 2 is 2.21 bits per heavy atom. The number of carboxylic acid groups (broad SMARTS) is 1. The van der Waals surface area contributed by atoms with Gasteiger partial charge in [0.1, 0.15) is 6.10 Å². The van der Waals surface area contributed by atoms with E-state index in [-0.39, 0.29) is 12.0 Å². The fraction of sp³-hybridized carbons (Fsp3) is 0.643. The molecule has 0 amide bonds. The maximum absolute atomic E-state index is 11.1. The van der Waals surface area contributed by atoms with E-state index in [1.54, 1.807) is 0 Å². The molecule has 0 bridgehead atoms. The van der Waals surface area contributed by atoms with Crippen LogP contribution in [0.1, 0.15) is 48.1 Å². The predicted octanol–water partition coefficient (Wildman–Crippen LogP) is 1.83. The van der Waals surface area contributed by atoms with Gasteiger partial charge in [-0.25, -0.2) is 9.97 Å². The van der Waals surface area contributed by atoms with Crippen LogP contribution in [-0.2, 0) is 22.4 Å². The molecular weight excluding hydrogens is 244 g/mol. The van der Waals surface area contributed by atoms with Gasteiger partial charge in [-0.15, -0.1) is 0 Å². The third kappa shape index (κ3) is 2.34. The van der Waals surface area contributed by atoms with E-state index in [0.29, 0.717) is 12.8 Å². The van der Waals surface area contributed by atoms with Gasteiger partial charge in [0.2, 0.25) is 0 Å². The van der Waals surface area contributed by atoms with E-state index < -0.39 is 5.97 Å². The van der Waals surface area contributed by atoms with E-state index in [1.807, 2.05) is 6.92 Å². The fourth-order valence-electron chi connectivity index (χ4n) is 2.95. The molecule has 1 saturated heterocycles. The van der Waals surface area contributed by atoms with Crippen molar-refractivity contribution in [2.75, 3.05) is 6.61 Å². The number of carbonyl (C=O) groups is 1. The van der Waals surface area contributed by atoms with Crippen LogP contribution in [0.25, 0.3) is 0 Å². The number of aryl methyl sites for hydroxylation is 2. The minimum Gasteiger partial charge on any atom is -0.481 e. The van der Waals surface area contributed by atoms with Crippen LogP contribution in [0.15, 0.2) is 0 Å². The number of fused-ring (bicyclic) bond motifs is 1. The molecule has 0 saturated carbocycles. The number of ether oxygens (including phenoxy) is 1. The lowest BCUT2D eigenvalue weighted by molar-refractivity contribution is -0.142. The average molecular weight is 262 g/mol. The molecular formula is C14H18N2O3. The molecule has 1 aromatic heterocycles. The molecule has 1 aliphatic carbocycles. The highest BCUT2D eigenvalue weighted by atomic mass is 16.5. The van der Waals surface area contributed by atoms with Crippen molar-refractivity contribution in [2.45, 2.75) is 45.1 Å². The molecule has 2 aliphatic rings. The summed E-state index contributed by atoms with van der Waals surface area (Å²) in [4.78, 5) is 20.2. The summed E-state index contributed by atoms with van der Waals surface area (Å²) in [6, 6.07) is 0. The zero-order valence-electron chi connectivity index (χ0n) is 11.1. The largest absolute Gasteiger partial charge is 0.481 e. The number of rotatable bonds is 2. The SMILES string of the molecule is Cc1nc(C2CCCO2)nc2c1CC(C(=O)O)CC2. The number of aliphatic carboxylic acids is 1. The van der Waals surface area contributed by atoms with Gasteiger partial charge in [0.05, 0.1) is 5.92 Å². The van der Waals surface area contributed by atoms with Crippen molar-refractivity contribution in [3.05, 3.63) is 22.8 Å². The van der Waals surface area contributed by atoms with Crippen LogP contribution in [0.4, 0.5) is 0 Å². The monoisotopic (exact) mass is 262 g/mol. The summed E-state index contributed by atoms with van der Waals surface area (Å²) < 4.78 is 5.63. The highest BCUT2D eigenvalue weighted by Crippen LogP contribution is 2.30. The first-order valence-corrected chi connectivity index (χ1v) is 6.86. The third-order valence-electron chi connectivity index (χ3n) is 4.06. The first-order chi connectivity index (χ1) is 9.15. The first-order valence-electron chi connectivity index (χ1n) is 6.86. The molecule has 1 aliphatic heterocycles. The number of hydrogen-bond acceptors (Lipinski definition) is 4. The van der Waals surface area contributed by atoms with E-state index in [2.05, 4.69) is 9.97 Å².